The van der Waals surface area contributed by atoms with Gasteiger partial charge in [0.15, 0.2) is 0 Å². The summed E-state index contributed by atoms with van der Waals surface area (Å²) in [5.41, 5.74) is 7.90. The van der Waals surface area contributed by atoms with Gasteiger partial charge in [0.25, 0.3) is 0 Å². The normalized spacial score (nSPS) is 25.9. The first-order valence-corrected chi connectivity index (χ1v) is 9.83. The molecule has 0 bridgehead atoms. The fraction of sp³-hybridized carbons (Fsp3) is 0.455. The number of nitrogens with two attached hydrogens (primary N) is 1. The molecule has 4 rings (SSSR count). The highest BCUT2D eigenvalue weighted by Gasteiger charge is 2.37. The van der Waals surface area contributed by atoms with E-state index in [2.05, 4.69) is 17.0 Å². The SMILES string of the molecule is N[C@@H]1CCCN([C@H]2CCc3ccccc3[C@@H]2Oc2ccc(C(F)(F)F)cc2)C1. The lowest BCUT2D eigenvalue weighted by Gasteiger charge is -2.43. The number of halogens is 3. The zero-order chi connectivity index (χ0) is 19.7. The molecule has 2 aliphatic rings. The maximum absolute atomic E-state index is 12.9. The highest BCUT2D eigenvalue weighted by atomic mass is 19.4. The molecule has 0 amide bonds. The van der Waals surface area contributed by atoms with E-state index in [1.54, 1.807) is 0 Å². The molecule has 6 heteroatoms. The quantitative estimate of drug-likeness (QED) is 0.835. The predicted octanol–water partition coefficient (Wildman–Crippen LogP) is 4.56. The molecule has 0 unspecified atom stereocenters. The summed E-state index contributed by atoms with van der Waals surface area (Å²) in [6.45, 7) is 1.81. The van der Waals surface area contributed by atoms with Gasteiger partial charge in [0, 0.05) is 12.6 Å². The Labute approximate surface area is 163 Å². The van der Waals surface area contributed by atoms with Gasteiger partial charge >= 0.3 is 6.18 Å². The summed E-state index contributed by atoms with van der Waals surface area (Å²) in [7, 11) is 0. The van der Waals surface area contributed by atoms with Crippen molar-refractivity contribution in [1.82, 2.24) is 4.90 Å². The Hall–Kier alpha value is -2.05. The zero-order valence-corrected chi connectivity index (χ0v) is 15.7. The highest BCUT2D eigenvalue weighted by molar-refractivity contribution is 5.35. The van der Waals surface area contributed by atoms with Crippen molar-refractivity contribution in [2.75, 3.05) is 13.1 Å². The average Bonchev–Trinajstić information content (AvgIpc) is 2.68. The van der Waals surface area contributed by atoms with E-state index >= 15 is 0 Å². The summed E-state index contributed by atoms with van der Waals surface area (Å²) >= 11 is 0. The van der Waals surface area contributed by atoms with Crippen LogP contribution in [0.15, 0.2) is 48.5 Å². The molecule has 1 heterocycles. The molecule has 2 N–H and O–H groups in total. The molecule has 1 saturated heterocycles. The van der Waals surface area contributed by atoms with Crippen molar-refractivity contribution in [2.24, 2.45) is 5.73 Å². The Morgan fingerprint density at radius 2 is 1.75 bits per heavy atom. The van der Waals surface area contributed by atoms with Gasteiger partial charge in [0.05, 0.1) is 11.6 Å². The molecule has 0 radical (unpaired) electrons. The second kappa shape index (κ2) is 7.76. The molecular formula is C22H25F3N2O. The number of hydrogen-bond donors (Lipinski definition) is 1. The molecule has 3 nitrogen and oxygen atoms in total. The first kappa shape index (κ1) is 19.3. The minimum atomic E-state index is -4.34. The molecule has 3 atom stereocenters. The van der Waals surface area contributed by atoms with Crippen LogP contribution < -0.4 is 10.5 Å². The van der Waals surface area contributed by atoms with Gasteiger partial charge in [-0.2, -0.15) is 13.2 Å². The standard InChI is InChI=1S/C22H25F3N2O/c23-22(24,25)16-8-10-18(11-9-16)28-21-19-6-2-1-4-15(19)7-12-20(21)27-13-3-5-17(26)14-27/h1-2,4,6,8-11,17,20-21H,3,5,7,12-14,26H2/t17-,20+,21+/m1/s1. The summed E-state index contributed by atoms with van der Waals surface area (Å²) in [6.07, 6.45) is -0.542. The van der Waals surface area contributed by atoms with E-state index in [0.717, 1.165) is 56.5 Å². The van der Waals surface area contributed by atoms with Crippen molar-refractivity contribution in [3.05, 3.63) is 65.2 Å². The number of fused-ring (bicyclic) bond motifs is 1. The van der Waals surface area contributed by atoms with Crippen LogP contribution in [0.5, 0.6) is 5.75 Å². The van der Waals surface area contributed by atoms with Crippen molar-refractivity contribution < 1.29 is 17.9 Å². The third kappa shape index (κ3) is 4.03. The van der Waals surface area contributed by atoms with Crippen LogP contribution >= 0.6 is 0 Å². The number of rotatable bonds is 3. The van der Waals surface area contributed by atoms with Crippen LogP contribution in [0.3, 0.4) is 0 Å². The van der Waals surface area contributed by atoms with Gasteiger partial charge in [-0.1, -0.05) is 24.3 Å². The Morgan fingerprint density at radius 1 is 1.00 bits per heavy atom. The van der Waals surface area contributed by atoms with Crippen LogP contribution in [0.25, 0.3) is 0 Å². The van der Waals surface area contributed by atoms with Crippen molar-refractivity contribution >= 4 is 0 Å². The molecule has 2 aromatic carbocycles. The van der Waals surface area contributed by atoms with Gasteiger partial charge in [-0.25, -0.2) is 0 Å². The third-order valence-electron chi connectivity index (χ3n) is 5.82. The van der Waals surface area contributed by atoms with Crippen molar-refractivity contribution in [1.29, 1.82) is 0 Å². The lowest BCUT2D eigenvalue weighted by atomic mass is 9.84. The monoisotopic (exact) mass is 390 g/mol. The molecule has 1 aliphatic carbocycles. The van der Waals surface area contributed by atoms with Gasteiger partial charge in [-0.3, -0.25) is 4.90 Å². The van der Waals surface area contributed by atoms with E-state index < -0.39 is 11.7 Å². The Kier molecular flexibility index (Phi) is 5.34. The van der Waals surface area contributed by atoms with E-state index in [1.165, 1.54) is 17.7 Å². The van der Waals surface area contributed by atoms with Crippen molar-refractivity contribution in [2.45, 2.75) is 50.0 Å². The second-order valence-corrected chi connectivity index (χ2v) is 7.76. The topological polar surface area (TPSA) is 38.5 Å². The number of benzene rings is 2. The van der Waals surface area contributed by atoms with Gasteiger partial charge in [-0.15, -0.1) is 0 Å². The molecule has 28 heavy (non-hydrogen) atoms. The average molecular weight is 390 g/mol. The summed E-state index contributed by atoms with van der Waals surface area (Å²) in [4.78, 5) is 2.40. The van der Waals surface area contributed by atoms with Gasteiger partial charge in [0.2, 0.25) is 0 Å². The number of piperidine rings is 1. The molecule has 0 spiro atoms. The highest BCUT2D eigenvalue weighted by Crippen LogP contribution is 2.38. The van der Waals surface area contributed by atoms with Crippen LogP contribution in [0, 0.1) is 0 Å². The predicted molar refractivity (Wildman–Crippen MR) is 102 cm³/mol. The fourth-order valence-corrected chi connectivity index (χ4v) is 4.43. The largest absolute Gasteiger partial charge is 0.484 e. The molecule has 150 valence electrons. The van der Waals surface area contributed by atoms with Crippen LogP contribution in [0.1, 0.15) is 42.1 Å². The first-order chi connectivity index (χ1) is 13.4. The van der Waals surface area contributed by atoms with Gasteiger partial charge in [-0.05, 0) is 67.6 Å². The number of hydrogen-bond acceptors (Lipinski definition) is 3. The minimum Gasteiger partial charge on any atom is -0.484 e. The molecule has 0 aromatic heterocycles. The van der Waals surface area contributed by atoms with E-state index in [-0.39, 0.29) is 18.2 Å². The second-order valence-electron chi connectivity index (χ2n) is 7.76. The van der Waals surface area contributed by atoms with Crippen LogP contribution in [-0.2, 0) is 12.6 Å². The van der Waals surface area contributed by atoms with E-state index in [9.17, 15) is 13.2 Å². The number of nitrogens with zero attached hydrogens (tertiary/aromatic N) is 1. The number of aryl methyl sites for hydroxylation is 1. The van der Waals surface area contributed by atoms with Crippen molar-refractivity contribution in [3.63, 3.8) is 0 Å². The van der Waals surface area contributed by atoms with E-state index in [1.807, 2.05) is 12.1 Å². The van der Waals surface area contributed by atoms with Crippen molar-refractivity contribution in [3.8, 4) is 5.75 Å². The number of alkyl halides is 3. The smallest absolute Gasteiger partial charge is 0.416 e. The Morgan fingerprint density at radius 3 is 2.46 bits per heavy atom. The summed E-state index contributed by atoms with van der Waals surface area (Å²) in [6, 6.07) is 13.5. The van der Waals surface area contributed by atoms with Gasteiger partial charge in [0.1, 0.15) is 11.9 Å². The summed E-state index contributed by atoms with van der Waals surface area (Å²) < 4.78 is 44.9. The van der Waals surface area contributed by atoms with Crippen LogP contribution in [-0.4, -0.2) is 30.1 Å². The maximum Gasteiger partial charge on any atom is 0.416 e. The van der Waals surface area contributed by atoms with E-state index in [4.69, 9.17) is 10.5 Å². The third-order valence-corrected chi connectivity index (χ3v) is 5.82. The lowest BCUT2D eigenvalue weighted by molar-refractivity contribution is -0.137. The molecular weight excluding hydrogens is 365 g/mol. The zero-order valence-electron chi connectivity index (χ0n) is 15.7. The lowest BCUT2D eigenvalue weighted by Crippen LogP contribution is -2.51. The van der Waals surface area contributed by atoms with Crippen LogP contribution in [0.2, 0.25) is 0 Å². The first-order valence-electron chi connectivity index (χ1n) is 9.83. The molecule has 1 aliphatic heterocycles. The molecule has 1 fully saturated rings. The summed E-state index contributed by atoms with van der Waals surface area (Å²) in [5.74, 6) is 0.459. The van der Waals surface area contributed by atoms with Crippen LogP contribution in [0.4, 0.5) is 13.2 Å². The summed E-state index contributed by atoms with van der Waals surface area (Å²) in [5, 5.41) is 0. The Bertz CT molecular complexity index is 806. The fourth-order valence-electron chi connectivity index (χ4n) is 4.43. The minimum absolute atomic E-state index is 0.164. The Balaban J connectivity index is 1.61. The maximum atomic E-state index is 12.9. The molecule has 0 saturated carbocycles. The number of likely N-dealkylation sites (tertiary alicyclic amines) is 1. The van der Waals surface area contributed by atoms with E-state index in [0.29, 0.717) is 5.75 Å². The van der Waals surface area contributed by atoms with Gasteiger partial charge < -0.3 is 10.5 Å². The number of ether oxygens (including phenoxy) is 1. The molecule has 2 aromatic rings.